The monoisotopic (exact) mass is 258 g/mol. The summed E-state index contributed by atoms with van der Waals surface area (Å²) in [6, 6.07) is 1.46. The molecule has 0 aromatic rings. The maximum Gasteiger partial charge on any atom is 0.0195 e. The van der Waals surface area contributed by atoms with Crippen molar-refractivity contribution in [2.24, 2.45) is 0 Å². The molecule has 0 radical (unpaired) electrons. The Balaban J connectivity index is 2.15. The van der Waals surface area contributed by atoms with Crippen LogP contribution in [-0.4, -0.2) is 48.6 Å². The average molecular weight is 258 g/mol. The summed E-state index contributed by atoms with van der Waals surface area (Å²) in [6.07, 6.45) is 9.00. The van der Waals surface area contributed by atoms with Crippen molar-refractivity contribution in [3.63, 3.8) is 0 Å². The third-order valence-electron chi connectivity index (χ3n) is 3.71. The molecule has 1 saturated heterocycles. The van der Waals surface area contributed by atoms with Gasteiger partial charge in [-0.15, -0.1) is 0 Å². The average Bonchev–Trinajstić information content (AvgIpc) is 2.33. The molecule has 17 heavy (non-hydrogen) atoms. The molecular weight excluding hydrogens is 228 g/mol. The first kappa shape index (κ1) is 15.3. The van der Waals surface area contributed by atoms with Crippen LogP contribution in [0.2, 0.25) is 0 Å². The second-order valence-electron chi connectivity index (χ2n) is 5.29. The zero-order valence-corrected chi connectivity index (χ0v) is 12.7. The summed E-state index contributed by atoms with van der Waals surface area (Å²) in [5, 5.41) is 3.67. The molecule has 0 spiro atoms. The number of piperazine rings is 1. The van der Waals surface area contributed by atoms with Crippen LogP contribution in [0, 0.1) is 0 Å². The molecule has 0 saturated carbocycles. The van der Waals surface area contributed by atoms with Crippen LogP contribution in [0.3, 0.4) is 0 Å². The number of unbranched alkanes of at least 4 members (excludes halogenated alkanes) is 2. The van der Waals surface area contributed by atoms with Crippen LogP contribution < -0.4 is 5.32 Å². The molecule has 0 aromatic heterocycles. The van der Waals surface area contributed by atoms with Crippen molar-refractivity contribution in [1.82, 2.24) is 10.2 Å². The molecule has 102 valence electrons. The summed E-state index contributed by atoms with van der Waals surface area (Å²) >= 11 is 1.97. The van der Waals surface area contributed by atoms with Crippen molar-refractivity contribution in [2.75, 3.05) is 31.6 Å². The molecule has 1 aliphatic heterocycles. The predicted molar refractivity (Wildman–Crippen MR) is 80.0 cm³/mol. The van der Waals surface area contributed by atoms with Gasteiger partial charge in [-0.1, -0.05) is 19.8 Å². The topological polar surface area (TPSA) is 15.3 Å². The first-order valence-corrected chi connectivity index (χ1v) is 8.63. The first-order valence-electron chi connectivity index (χ1n) is 7.24. The fourth-order valence-electron chi connectivity index (χ4n) is 2.59. The van der Waals surface area contributed by atoms with E-state index in [0.29, 0.717) is 0 Å². The molecule has 1 rings (SSSR count). The van der Waals surface area contributed by atoms with E-state index in [9.17, 15) is 0 Å². The van der Waals surface area contributed by atoms with Gasteiger partial charge in [0.2, 0.25) is 0 Å². The standard InChI is InChI=1S/C14H30N2S/c1-4-8-14-12-16(13(2)11-15-14)9-6-5-7-10-17-3/h13-15H,4-12H2,1-3H3. The second-order valence-corrected chi connectivity index (χ2v) is 6.28. The normalized spacial score (nSPS) is 26.3. The molecule has 1 heterocycles. The highest BCUT2D eigenvalue weighted by atomic mass is 32.2. The molecule has 3 heteroatoms. The SMILES string of the molecule is CCCC1CN(CCCCCSC)C(C)CN1. The second kappa shape index (κ2) is 9.23. The predicted octanol–water partition coefficient (Wildman–Crippen LogP) is 2.98. The van der Waals surface area contributed by atoms with Crippen LogP contribution in [-0.2, 0) is 0 Å². The summed E-state index contributed by atoms with van der Waals surface area (Å²) in [6.45, 7) is 8.38. The van der Waals surface area contributed by atoms with E-state index in [1.54, 1.807) is 0 Å². The fraction of sp³-hybridized carbons (Fsp3) is 1.00. The molecule has 0 amide bonds. The van der Waals surface area contributed by atoms with E-state index < -0.39 is 0 Å². The van der Waals surface area contributed by atoms with Crippen LogP contribution in [0.25, 0.3) is 0 Å². The lowest BCUT2D eigenvalue weighted by Gasteiger charge is -2.39. The molecule has 2 nitrogen and oxygen atoms in total. The van der Waals surface area contributed by atoms with E-state index in [1.807, 2.05) is 11.8 Å². The lowest BCUT2D eigenvalue weighted by atomic mass is 10.1. The van der Waals surface area contributed by atoms with E-state index in [1.165, 1.54) is 57.5 Å². The Morgan fingerprint density at radius 3 is 2.82 bits per heavy atom. The summed E-state index contributed by atoms with van der Waals surface area (Å²) in [5.74, 6) is 1.33. The van der Waals surface area contributed by atoms with Crippen molar-refractivity contribution in [2.45, 2.75) is 58.0 Å². The van der Waals surface area contributed by atoms with Crippen molar-refractivity contribution in [3.8, 4) is 0 Å². The van der Waals surface area contributed by atoms with Gasteiger partial charge in [0.05, 0.1) is 0 Å². The molecule has 2 unspecified atom stereocenters. The number of thioether (sulfide) groups is 1. The van der Waals surface area contributed by atoms with Crippen LogP contribution in [0.15, 0.2) is 0 Å². The van der Waals surface area contributed by atoms with Gasteiger partial charge >= 0.3 is 0 Å². The number of nitrogens with one attached hydrogen (secondary N) is 1. The quantitative estimate of drug-likeness (QED) is 0.674. The van der Waals surface area contributed by atoms with E-state index in [2.05, 4.69) is 30.3 Å². The van der Waals surface area contributed by atoms with Gasteiger partial charge in [-0.2, -0.15) is 11.8 Å². The zero-order chi connectivity index (χ0) is 12.5. The Morgan fingerprint density at radius 2 is 2.12 bits per heavy atom. The number of rotatable bonds is 8. The highest BCUT2D eigenvalue weighted by Crippen LogP contribution is 2.12. The Bertz CT molecular complexity index is 187. The fourth-order valence-corrected chi connectivity index (χ4v) is 3.08. The molecule has 1 N–H and O–H groups in total. The van der Waals surface area contributed by atoms with Gasteiger partial charge in [-0.25, -0.2) is 0 Å². The molecule has 0 bridgehead atoms. The maximum absolute atomic E-state index is 3.67. The number of nitrogens with zero attached hydrogens (tertiary/aromatic N) is 1. The van der Waals surface area contributed by atoms with E-state index in [-0.39, 0.29) is 0 Å². The molecular formula is C14H30N2S. The van der Waals surface area contributed by atoms with Gasteiger partial charge in [0.1, 0.15) is 0 Å². The van der Waals surface area contributed by atoms with E-state index in [4.69, 9.17) is 0 Å². The highest BCUT2D eigenvalue weighted by molar-refractivity contribution is 7.98. The minimum atomic E-state index is 0.726. The van der Waals surface area contributed by atoms with Gasteiger partial charge in [-0.3, -0.25) is 4.90 Å². The molecule has 2 atom stereocenters. The Kier molecular flexibility index (Phi) is 8.33. The largest absolute Gasteiger partial charge is 0.311 e. The van der Waals surface area contributed by atoms with Gasteiger partial charge in [0.25, 0.3) is 0 Å². The highest BCUT2D eigenvalue weighted by Gasteiger charge is 2.23. The number of hydrogen-bond acceptors (Lipinski definition) is 3. The van der Waals surface area contributed by atoms with Crippen LogP contribution in [0.4, 0.5) is 0 Å². The van der Waals surface area contributed by atoms with Gasteiger partial charge < -0.3 is 5.32 Å². The van der Waals surface area contributed by atoms with E-state index >= 15 is 0 Å². The van der Waals surface area contributed by atoms with Gasteiger partial charge in [0.15, 0.2) is 0 Å². The molecule has 1 fully saturated rings. The summed E-state index contributed by atoms with van der Waals surface area (Å²) in [7, 11) is 0. The van der Waals surface area contributed by atoms with Crippen molar-refractivity contribution in [3.05, 3.63) is 0 Å². The van der Waals surface area contributed by atoms with Crippen LogP contribution in [0.1, 0.15) is 46.0 Å². The third-order valence-corrected chi connectivity index (χ3v) is 4.41. The summed E-state index contributed by atoms with van der Waals surface area (Å²) in [4.78, 5) is 2.69. The molecule has 1 aliphatic rings. The lowest BCUT2D eigenvalue weighted by molar-refractivity contribution is 0.134. The number of hydrogen-bond donors (Lipinski definition) is 1. The summed E-state index contributed by atoms with van der Waals surface area (Å²) in [5.41, 5.74) is 0. The minimum Gasteiger partial charge on any atom is -0.311 e. The Labute approximate surface area is 112 Å². The van der Waals surface area contributed by atoms with Gasteiger partial charge in [0, 0.05) is 25.2 Å². The van der Waals surface area contributed by atoms with Gasteiger partial charge in [-0.05, 0) is 44.7 Å². The van der Waals surface area contributed by atoms with Crippen LogP contribution >= 0.6 is 11.8 Å². The van der Waals surface area contributed by atoms with E-state index in [0.717, 1.165) is 12.1 Å². The zero-order valence-electron chi connectivity index (χ0n) is 11.9. The van der Waals surface area contributed by atoms with Crippen molar-refractivity contribution < 1.29 is 0 Å². The van der Waals surface area contributed by atoms with Crippen molar-refractivity contribution in [1.29, 1.82) is 0 Å². The first-order chi connectivity index (χ1) is 8.27. The molecule has 0 aromatic carbocycles. The summed E-state index contributed by atoms with van der Waals surface area (Å²) < 4.78 is 0. The third kappa shape index (κ3) is 6.12. The smallest absolute Gasteiger partial charge is 0.0195 e. The maximum atomic E-state index is 3.67. The van der Waals surface area contributed by atoms with Crippen molar-refractivity contribution >= 4 is 11.8 Å². The Morgan fingerprint density at radius 1 is 1.29 bits per heavy atom. The Hall–Kier alpha value is 0.270. The molecule has 0 aliphatic carbocycles. The minimum absolute atomic E-state index is 0.726. The lowest BCUT2D eigenvalue weighted by Crippen LogP contribution is -2.55. The van der Waals surface area contributed by atoms with Crippen LogP contribution in [0.5, 0.6) is 0 Å².